The van der Waals surface area contributed by atoms with Gasteiger partial charge in [0.15, 0.2) is 0 Å². The topological polar surface area (TPSA) is 35.6 Å². The summed E-state index contributed by atoms with van der Waals surface area (Å²) in [5.41, 5.74) is 0. The molecule has 4 nitrogen and oxygen atoms in total. The smallest absolute Gasteiger partial charge is 0.239 e. The highest BCUT2D eigenvalue weighted by Crippen LogP contribution is 2.22. The Morgan fingerprint density at radius 3 is 2.44 bits per heavy atom. The minimum atomic E-state index is 0.0791. The summed E-state index contributed by atoms with van der Waals surface area (Å²) in [4.78, 5) is 16.7. The van der Waals surface area contributed by atoms with Crippen molar-refractivity contribution >= 4 is 5.91 Å². The molecule has 0 aliphatic carbocycles. The molecule has 0 aromatic rings. The van der Waals surface area contributed by atoms with E-state index in [0.717, 1.165) is 51.4 Å². The fourth-order valence-electron chi connectivity index (χ4n) is 3.21. The number of hydrogen-bond donors (Lipinski definition) is 1. The maximum absolute atomic E-state index is 12.4. The molecule has 0 aromatic carbocycles. The van der Waals surface area contributed by atoms with E-state index in [0.29, 0.717) is 11.8 Å². The van der Waals surface area contributed by atoms with Crippen molar-refractivity contribution in [1.29, 1.82) is 0 Å². The summed E-state index contributed by atoms with van der Waals surface area (Å²) in [7, 11) is 4.25. The first kappa shape index (κ1) is 13.8. The number of rotatable bonds is 3. The van der Waals surface area contributed by atoms with Gasteiger partial charge in [-0.2, -0.15) is 0 Å². The van der Waals surface area contributed by atoms with E-state index in [1.165, 1.54) is 0 Å². The SMILES string of the molecule is CC1CCNC1C(=O)N1CCC(CN(C)C)CC1. The van der Waals surface area contributed by atoms with E-state index in [2.05, 4.69) is 36.1 Å². The molecule has 1 N–H and O–H groups in total. The van der Waals surface area contributed by atoms with Crippen LogP contribution in [0.1, 0.15) is 26.2 Å². The predicted molar refractivity (Wildman–Crippen MR) is 73.4 cm³/mol. The number of piperidine rings is 1. The van der Waals surface area contributed by atoms with Crippen LogP contribution < -0.4 is 5.32 Å². The van der Waals surface area contributed by atoms with Crippen molar-refractivity contribution in [3.05, 3.63) is 0 Å². The van der Waals surface area contributed by atoms with Crippen LogP contribution in [0.25, 0.3) is 0 Å². The fraction of sp³-hybridized carbons (Fsp3) is 0.929. The molecular weight excluding hydrogens is 226 g/mol. The average molecular weight is 253 g/mol. The first-order chi connectivity index (χ1) is 8.58. The Hall–Kier alpha value is -0.610. The molecule has 2 rings (SSSR count). The van der Waals surface area contributed by atoms with Gasteiger partial charge in [0.25, 0.3) is 0 Å². The summed E-state index contributed by atoms with van der Waals surface area (Å²) in [6.45, 7) is 6.22. The Kier molecular flexibility index (Phi) is 4.62. The van der Waals surface area contributed by atoms with E-state index in [9.17, 15) is 4.79 Å². The number of nitrogens with zero attached hydrogens (tertiary/aromatic N) is 2. The van der Waals surface area contributed by atoms with Crippen LogP contribution >= 0.6 is 0 Å². The van der Waals surface area contributed by atoms with Crippen LogP contribution in [0.5, 0.6) is 0 Å². The zero-order valence-corrected chi connectivity index (χ0v) is 12.0. The van der Waals surface area contributed by atoms with Crippen molar-refractivity contribution in [2.24, 2.45) is 11.8 Å². The number of nitrogens with one attached hydrogen (secondary N) is 1. The quantitative estimate of drug-likeness (QED) is 0.807. The Balaban J connectivity index is 1.80. The lowest BCUT2D eigenvalue weighted by Crippen LogP contribution is -2.49. The Morgan fingerprint density at radius 1 is 1.28 bits per heavy atom. The Labute approximate surface area is 111 Å². The van der Waals surface area contributed by atoms with Crippen LogP contribution in [0.4, 0.5) is 0 Å². The van der Waals surface area contributed by atoms with Gasteiger partial charge in [-0.25, -0.2) is 0 Å². The molecule has 0 radical (unpaired) electrons. The summed E-state index contributed by atoms with van der Waals surface area (Å²) in [5.74, 6) is 1.60. The van der Waals surface area contributed by atoms with E-state index >= 15 is 0 Å². The molecule has 2 atom stereocenters. The molecule has 2 fully saturated rings. The van der Waals surface area contributed by atoms with Gasteiger partial charge in [0.05, 0.1) is 6.04 Å². The zero-order valence-electron chi connectivity index (χ0n) is 12.0. The number of likely N-dealkylation sites (tertiary alicyclic amines) is 1. The zero-order chi connectivity index (χ0) is 13.1. The van der Waals surface area contributed by atoms with Gasteiger partial charge in [-0.3, -0.25) is 4.79 Å². The van der Waals surface area contributed by atoms with Crippen molar-refractivity contribution in [3.8, 4) is 0 Å². The number of hydrogen-bond acceptors (Lipinski definition) is 3. The van der Waals surface area contributed by atoms with E-state index in [4.69, 9.17) is 0 Å². The lowest BCUT2D eigenvalue weighted by molar-refractivity contribution is -0.135. The monoisotopic (exact) mass is 253 g/mol. The van der Waals surface area contributed by atoms with E-state index in [-0.39, 0.29) is 6.04 Å². The van der Waals surface area contributed by atoms with Crippen molar-refractivity contribution in [1.82, 2.24) is 15.1 Å². The van der Waals surface area contributed by atoms with Crippen molar-refractivity contribution in [2.45, 2.75) is 32.2 Å². The van der Waals surface area contributed by atoms with Gasteiger partial charge in [-0.15, -0.1) is 0 Å². The lowest BCUT2D eigenvalue weighted by atomic mass is 9.95. The maximum Gasteiger partial charge on any atom is 0.239 e. The third-order valence-electron chi connectivity index (χ3n) is 4.35. The minimum Gasteiger partial charge on any atom is -0.341 e. The van der Waals surface area contributed by atoms with E-state index < -0.39 is 0 Å². The van der Waals surface area contributed by atoms with Gasteiger partial charge in [0.1, 0.15) is 0 Å². The lowest BCUT2D eigenvalue weighted by Gasteiger charge is -2.35. The summed E-state index contributed by atoms with van der Waals surface area (Å²) in [6.07, 6.45) is 3.45. The van der Waals surface area contributed by atoms with E-state index in [1.54, 1.807) is 0 Å². The van der Waals surface area contributed by atoms with Crippen LogP contribution in [-0.2, 0) is 4.79 Å². The normalized spacial score (nSPS) is 30.1. The second kappa shape index (κ2) is 6.02. The first-order valence-electron chi connectivity index (χ1n) is 7.25. The highest BCUT2D eigenvalue weighted by Gasteiger charge is 2.34. The second-order valence-corrected chi connectivity index (χ2v) is 6.23. The summed E-state index contributed by atoms with van der Waals surface area (Å²) >= 11 is 0. The molecule has 2 unspecified atom stereocenters. The van der Waals surface area contributed by atoms with Crippen molar-refractivity contribution in [3.63, 3.8) is 0 Å². The predicted octanol–water partition coefficient (Wildman–Crippen LogP) is 0.785. The molecule has 2 aliphatic heterocycles. The molecule has 4 heteroatoms. The summed E-state index contributed by atoms with van der Waals surface area (Å²) in [6, 6.07) is 0.0791. The molecule has 2 saturated heterocycles. The van der Waals surface area contributed by atoms with Crippen molar-refractivity contribution in [2.75, 3.05) is 40.3 Å². The molecule has 0 spiro atoms. The molecule has 0 bridgehead atoms. The van der Waals surface area contributed by atoms with Gasteiger partial charge in [0.2, 0.25) is 5.91 Å². The molecule has 1 amide bonds. The standard InChI is InChI=1S/C14H27N3O/c1-11-4-7-15-13(11)14(18)17-8-5-12(6-9-17)10-16(2)3/h11-13,15H,4-10H2,1-3H3. The third-order valence-corrected chi connectivity index (χ3v) is 4.35. The van der Waals surface area contributed by atoms with Crippen LogP contribution in [0.2, 0.25) is 0 Å². The molecule has 104 valence electrons. The number of amides is 1. The van der Waals surface area contributed by atoms with Crippen LogP contribution in [0.15, 0.2) is 0 Å². The number of carbonyl (C=O) groups excluding carboxylic acids is 1. The number of carbonyl (C=O) groups is 1. The second-order valence-electron chi connectivity index (χ2n) is 6.23. The molecule has 0 saturated carbocycles. The molecule has 18 heavy (non-hydrogen) atoms. The van der Waals surface area contributed by atoms with Crippen molar-refractivity contribution < 1.29 is 4.79 Å². The van der Waals surface area contributed by atoms with Crippen LogP contribution in [-0.4, -0.2) is 62.0 Å². The Morgan fingerprint density at radius 2 is 1.94 bits per heavy atom. The minimum absolute atomic E-state index is 0.0791. The molecular formula is C14H27N3O. The summed E-state index contributed by atoms with van der Waals surface area (Å²) in [5, 5.41) is 3.35. The van der Waals surface area contributed by atoms with E-state index in [1.807, 2.05) is 0 Å². The largest absolute Gasteiger partial charge is 0.341 e. The highest BCUT2D eigenvalue weighted by atomic mass is 16.2. The van der Waals surface area contributed by atoms with Crippen LogP contribution in [0, 0.1) is 11.8 Å². The van der Waals surface area contributed by atoms with Crippen LogP contribution in [0.3, 0.4) is 0 Å². The average Bonchev–Trinajstić information content (AvgIpc) is 2.75. The van der Waals surface area contributed by atoms with Gasteiger partial charge in [0, 0.05) is 19.6 Å². The van der Waals surface area contributed by atoms with Gasteiger partial charge >= 0.3 is 0 Å². The van der Waals surface area contributed by atoms with Gasteiger partial charge < -0.3 is 15.1 Å². The maximum atomic E-state index is 12.4. The Bertz CT molecular complexity index is 285. The van der Waals surface area contributed by atoms with Gasteiger partial charge in [-0.05, 0) is 51.7 Å². The summed E-state index contributed by atoms with van der Waals surface area (Å²) < 4.78 is 0. The molecule has 0 aromatic heterocycles. The molecule has 2 heterocycles. The third kappa shape index (κ3) is 3.23. The first-order valence-corrected chi connectivity index (χ1v) is 7.25. The fourth-order valence-corrected chi connectivity index (χ4v) is 3.21. The van der Waals surface area contributed by atoms with Gasteiger partial charge in [-0.1, -0.05) is 6.92 Å². The highest BCUT2D eigenvalue weighted by molar-refractivity contribution is 5.82. The molecule has 2 aliphatic rings.